The monoisotopic (exact) mass is 382 g/mol. The molecule has 3 aliphatic heterocycles. The van der Waals surface area contributed by atoms with Gasteiger partial charge in [-0.2, -0.15) is 5.10 Å². The SMILES string of the molecule is O=C(c1cc(-c2ccccc2F)n[nH]1)N1C[C@@H]2CC[C@H](C1)N(CC1CCC1)C2. The van der Waals surface area contributed by atoms with Gasteiger partial charge in [0.05, 0.1) is 5.69 Å². The van der Waals surface area contributed by atoms with Gasteiger partial charge < -0.3 is 4.90 Å². The van der Waals surface area contributed by atoms with E-state index >= 15 is 0 Å². The highest BCUT2D eigenvalue weighted by atomic mass is 19.1. The number of aromatic nitrogens is 2. The Morgan fingerprint density at radius 1 is 1.14 bits per heavy atom. The molecule has 5 nitrogen and oxygen atoms in total. The molecule has 4 heterocycles. The number of carbonyl (C=O) groups is 1. The molecule has 0 radical (unpaired) electrons. The maximum atomic E-state index is 14.0. The largest absolute Gasteiger partial charge is 0.335 e. The molecule has 0 spiro atoms. The summed E-state index contributed by atoms with van der Waals surface area (Å²) in [5, 5.41) is 7.03. The summed E-state index contributed by atoms with van der Waals surface area (Å²) < 4.78 is 14.0. The number of nitrogens with one attached hydrogen (secondary N) is 1. The summed E-state index contributed by atoms with van der Waals surface area (Å²) in [5.74, 6) is 1.07. The quantitative estimate of drug-likeness (QED) is 0.880. The first-order valence-corrected chi connectivity index (χ1v) is 10.5. The second-order valence-corrected chi connectivity index (χ2v) is 8.70. The normalized spacial score (nSPS) is 25.5. The fourth-order valence-corrected chi connectivity index (χ4v) is 4.98. The molecular formula is C22H27FN4O. The number of amides is 1. The summed E-state index contributed by atoms with van der Waals surface area (Å²) in [7, 11) is 0. The van der Waals surface area contributed by atoms with Gasteiger partial charge in [-0.05, 0) is 55.7 Å². The number of hydrogen-bond donors (Lipinski definition) is 1. The second kappa shape index (κ2) is 7.32. The van der Waals surface area contributed by atoms with Crippen LogP contribution in [0.2, 0.25) is 0 Å². The van der Waals surface area contributed by atoms with Gasteiger partial charge in [-0.1, -0.05) is 18.6 Å². The molecule has 6 heteroatoms. The Morgan fingerprint density at radius 3 is 2.79 bits per heavy atom. The van der Waals surface area contributed by atoms with Crippen LogP contribution in [-0.4, -0.2) is 58.1 Å². The number of aromatic amines is 1. The molecule has 148 valence electrons. The summed E-state index contributed by atoms with van der Waals surface area (Å²) in [6.45, 7) is 3.92. The molecule has 4 fully saturated rings. The first-order valence-electron chi connectivity index (χ1n) is 10.5. The minimum absolute atomic E-state index is 0.0162. The molecule has 2 bridgehead atoms. The van der Waals surface area contributed by atoms with Crippen LogP contribution in [-0.2, 0) is 0 Å². The molecular weight excluding hydrogens is 355 g/mol. The van der Waals surface area contributed by atoms with Crippen LogP contribution in [0.1, 0.15) is 42.6 Å². The van der Waals surface area contributed by atoms with Gasteiger partial charge in [0, 0.05) is 37.8 Å². The Balaban J connectivity index is 1.31. The molecule has 28 heavy (non-hydrogen) atoms. The number of hydrogen-bond acceptors (Lipinski definition) is 3. The molecule has 4 aliphatic rings. The molecule has 3 saturated heterocycles. The van der Waals surface area contributed by atoms with Crippen molar-refractivity contribution in [2.45, 2.75) is 38.1 Å². The number of halogens is 1. The van der Waals surface area contributed by atoms with Crippen LogP contribution in [0.3, 0.4) is 0 Å². The third-order valence-electron chi connectivity index (χ3n) is 6.79. The van der Waals surface area contributed by atoms with Crippen molar-refractivity contribution in [3.63, 3.8) is 0 Å². The van der Waals surface area contributed by atoms with E-state index in [1.165, 1.54) is 44.7 Å². The lowest BCUT2D eigenvalue weighted by atomic mass is 9.83. The Kier molecular flexibility index (Phi) is 4.67. The Hall–Kier alpha value is -2.21. The molecule has 2 atom stereocenters. The Labute approximate surface area is 164 Å². The smallest absolute Gasteiger partial charge is 0.271 e. The summed E-state index contributed by atoms with van der Waals surface area (Å²) in [6, 6.07) is 8.67. The predicted octanol–water partition coefficient (Wildman–Crippen LogP) is 3.55. The molecule has 0 unspecified atom stereocenters. The van der Waals surface area contributed by atoms with Crippen molar-refractivity contribution in [2.75, 3.05) is 26.2 Å². The molecule has 1 aromatic carbocycles. The van der Waals surface area contributed by atoms with E-state index in [2.05, 4.69) is 15.1 Å². The Morgan fingerprint density at radius 2 is 2.00 bits per heavy atom. The molecule has 1 amide bonds. The average molecular weight is 382 g/mol. The number of H-pyrrole nitrogens is 1. The average Bonchev–Trinajstić information content (AvgIpc) is 2.97. The van der Waals surface area contributed by atoms with Crippen LogP contribution in [0, 0.1) is 17.7 Å². The number of fused-ring (bicyclic) bond motifs is 4. The van der Waals surface area contributed by atoms with Crippen LogP contribution in [0.25, 0.3) is 11.3 Å². The molecule has 1 aliphatic carbocycles. The molecule has 2 aromatic rings. The molecule has 1 N–H and O–H groups in total. The minimum atomic E-state index is -0.326. The highest BCUT2D eigenvalue weighted by molar-refractivity contribution is 5.93. The third kappa shape index (κ3) is 3.34. The van der Waals surface area contributed by atoms with Gasteiger partial charge in [0.15, 0.2) is 0 Å². The van der Waals surface area contributed by atoms with Crippen LogP contribution >= 0.6 is 0 Å². The van der Waals surface area contributed by atoms with E-state index in [1.54, 1.807) is 24.3 Å². The minimum Gasteiger partial charge on any atom is -0.335 e. The van der Waals surface area contributed by atoms with E-state index in [0.29, 0.717) is 28.9 Å². The van der Waals surface area contributed by atoms with Gasteiger partial charge in [-0.3, -0.25) is 14.8 Å². The predicted molar refractivity (Wildman–Crippen MR) is 105 cm³/mol. The van der Waals surface area contributed by atoms with Crippen molar-refractivity contribution in [1.82, 2.24) is 20.0 Å². The number of nitrogens with zero attached hydrogens (tertiary/aromatic N) is 3. The summed E-state index contributed by atoms with van der Waals surface area (Å²) in [5.41, 5.74) is 1.34. The maximum absolute atomic E-state index is 14.0. The lowest BCUT2D eigenvalue weighted by molar-refractivity contribution is 0.0712. The van der Waals surface area contributed by atoms with Gasteiger partial charge >= 0.3 is 0 Å². The number of rotatable bonds is 4. The zero-order chi connectivity index (χ0) is 19.1. The van der Waals surface area contributed by atoms with Crippen molar-refractivity contribution in [3.8, 4) is 11.3 Å². The van der Waals surface area contributed by atoms with Crippen molar-refractivity contribution in [2.24, 2.45) is 11.8 Å². The number of piperidine rings is 1. The van der Waals surface area contributed by atoms with Crippen LogP contribution in [0.5, 0.6) is 0 Å². The van der Waals surface area contributed by atoms with E-state index in [9.17, 15) is 9.18 Å². The fourth-order valence-electron chi connectivity index (χ4n) is 4.98. The molecule has 6 rings (SSSR count). The van der Waals surface area contributed by atoms with Crippen molar-refractivity contribution in [1.29, 1.82) is 0 Å². The van der Waals surface area contributed by atoms with Crippen LogP contribution in [0.4, 0.5) is 4.39 Å². The highest BCUT2D eigenvalue weighted by Gasteiger charge is 2.38. The number of benzene rings is 1. The van der Waals surface area contributed by atoms with Gasteiger partial charge in [-0.25, -0.2) is 4.39 Å². The summed E-state index contributed by atoms with van der Waals surface area (Å²) >= 11 is 0. The first-order chi connectivity index (χ1) is 13.7. The zero-order valence-electron chi connectivity index (χ0n) is 16.1. The number of carbonyl (C=O) groups excluding carboxylic acids is 1. The summed E-state index contributed by atoms with van der Waals surface area (Å²) in [4.78, 5) is 17.8. The maximum Gasteiger partial charge on any atom is 0.271 e. The van der Waals surface area contributed by atoms with E-state index in [4.69, 9.17) is 0 Å². The first kappa shape index (κ1) is 17.9. The Bertz CT molecular complexity index is 862. The molecule has 1 aromatic heterocycles. The van der Waals surface area contributed by atoms with E-state index < -0.39 is 0 Å². The molecule has 1 saturated carbocycles. The second-order valence-electron chi connectivity index (χ2n) is 8.70. The highest BCUT2D eigenvalue weighted by Crippen LogP contribution is 2.33. The lowest BCUT2D eigenvalue weighted by Gasteiger charge is -2.40. The van der Waals surface area contributed by atoms with Gasteiger partial charge in [0.25, 0.3) is 5.91 Å². The van der Waals surface area contributed by atoms with E-state index in [1.807, 2.05) is 4.90 Å². The third-order valence-corrected chi connectivity index (χ3v) is 6.79. The van der Waals surface area contributed by atoms with E-state index in [0.717, 1.165) is 25.6 Å². The lowest BCUT2D eigenvalue weighted by Crippen LogP contribution is -2.47. The van der Waals surface area contributed by atoms with Gasteiger partial charge in [0.2, 0.25) is 0 Å². The summed E-state index contributed by atoms with van der Waals surface area (Å²) in [6.07, 6.45) is 6.50. The van der Waals surface area contributed by atoms with Crippen LogP contribution < -0.4 is 0 Å². The fraction of sp³-hybridized carbons (Fsp3) is 0.545. The van der Waals surface area contributed by atoms with Crippen molar-refractivity contribution < 1.29 is 9.18 Å². The standard InChI is InChI=1S/C22H27FN4O/c23-19-7-2-1-6-18(19)20-10-21(25-24-20)22(28)27-13-16-8-9-17(14-27)26(12-16)11-15-4-3-5-15/h1-2,6-7,10,15-17H,3-5,8-9,11-14H2,(H,24,25)/t16-,17-/m1/s1. The zero-order valence-corrected chi connectivity index (χ0v) is 16.1. The van der Waals surface area contributed by atoms with Crippen molar-refractivity contribution >= 4 is 5.91 Å². The van der Waals surface area contributed by atoms with Gasteiger partial charge in [-0.15, -0.1) is 0 Å². The van der Waals surface area contributed by atoms with Crippen molar-refractivity contribution in [3.05, 3.63) is 41.8 Å². The van der Waals surface area contributed by atoms with Gasteiger partial charge in [0.1, 0.15) is 11.5 Å². The topological polar surface area (TPSA) is 52.2 Å². The van der Waals surface area contributed by atoms with E-state index in [-0.39, 0.29) is 11.7 Å². The van der Waals surface area contributed by atoms with Crippen LogP contribution in [0.15, 0.2) is 30.3 Å².